The minimum absolute atomic E-state index is 0.0346. The molecule has 0 unspecified atom stereocenters. The molecule has 0 saturated heterocycles. The first-order valence-electron chi connectivity index (χ1n) is 11.3. The number of benzene rings is 1. The van der Waals surface area contributed by atoms with Crippen LogP contribution in [0, 0.1) is 0 Å². The molecule has 0 aromatic heterocycles. The van der Waals surface area contributed by atoms with Gasteiger partial charge in [-0.15, -0.1) is 0 Å². The molecule has 1 aromatic rings. The molecule has 0 aliphatic heterocycles. The largest absolute Gasteiger partial charge is 0.544 e. The maximum Gasteiger partial charge on any atom is 0.408 e. The molecular weight excluding hydrogens is 450 g/mol. The average molecular weight is 492 g/mol. The van der Waals surface area contributed by atoms with Crippen molar-refractivity contribution in [1.29, 1.82) is 0 Å². The Hall–Kier alpha value is -2.74. The highest BCUT2D eigenvalue weighted by molar-refractivity contribution is 6.74. The normalized spacial score (nSPS) is 13.8. The number of ether oxygens (including phenoxy) is 3. The molecule has 190 valence electrons. The molecule has 0 aliphatic rings. The summed E-state index contributed by atoms with van der Waals surface area (Å²) in [5.74, 6) is 0.568. The number of alkyl carbamates (subject to hydrolysis) is 1. The Labute approximate surface area is 205 Å². The Balaban J connectivity index is 2.87. The van der Waals surface area contributed by atoms with Gasteiger partial charge in [-0.1, -0.05) is 46.1 Å². The molecule has 2 atom stereocenters. The van der Waals surface area contributed by atoms with Gasteiger partial charge in [-0.2, -0.15) is 0 Å². The lowest BCUT2D eigenvalue weighted by molar-refractivity contribution is -0.143. The molecule has 1 amide bonds. The van der Waals surface area contributed by atoms with E-state index in [4.69, 9.17) is 18.6 Å². The van der Waals surface area contributed by atoms with Crippen LogP contribution in [0.25, 0.3) is 0 Å². The van der Waals surface area contributed by atoms with Crippen LogP contribution in [0.4, 0.5) is 4.79 Å². The van der Waals surface area contributed by atoms with E-state index in [1.165, 1.54) is 7.11 Å². The van der Waals surface area contributed by atoms with Crippen molar-refractivity contribution >= 4 is 20.4 Å². The Morgan fingerprint density at radius 1 is 1.09 bits per heavy atom. The van der Waals surface area contributed by atoms with Gasteiger partial charge in [0.15, 0.2) is 6.10 Å². The number of hydrogen-bond donors (Lipinski definition) is 1. The monoisotopic (exact) mass is 491 g/mol. The van der Waals surface area contributed by atoms with Gasteiger partial charge in [0.2, 0.25) is 8.32 Å². The standard InChI is InChI=1S/C26H41NO6Si/c1-12-22(18(2)33-34(10,11)26(6,7)8)31-20-15-13-19(14-16-20)17-21(23(28)30-9)27-24(29)32-25(3,4)5/h12-16,21-22H,1-2,17H2,3-11H3,(H,27,29)/t21-,22+/m0/s1. The lowest BCUT2D eigenvalue weighted by atomic mass is 10.1. The van der Waals surface area contributed by atoms with Crippen LogP contribution in [-0.2, 0) is 25.1 Å². The maximum atomic E-state index is 12.2. The fraction of sp³-hybridized carbons (Fsp3) is 0.538. The predicted octanol–water partition coefficient (Wildman–Crippen LogP) is 5.76. The Kier molecular flexibility index (Phi) is 9.99. The predicted molar refractivity (Wildman–Crippen MR) is 137 cm³/mol. The summed E-state index contributed by atoms with van der Waals surface area (Å²) in [7, 11) is -0.776. The zero-order valence-corrected chi connectivity index (χ0v) is 23.1. The third-order valence-electron chi connectivity index (χ3n) is 5.53. The Morgan fingerprint density at radius 3 is 2.09 bits per heavy atom. The summed E-state index contributed by atoms with van der Waals surface area (Å²) >= 11 is 0. The summed E-state index contributed by atoms with van der Waals surface area (Å²) in [5.41, 5.74) is 0.134. The van der Waals surface area contributed by atoms with Gasteiger partial charge in [-0.05, 0) is 62.7 Å². The molecule has 0 aliphatic carbocycles. The number of methoxy groups -OCH3 is 1. The lowest BCUT2D eigenvalue weighted by Crippen LogP contribution is -2.45. The van der Waals surface area contributed by atoms with Crippen molar-refractivity contribution in [3.8, 4) is 5.75 Å². The molecule has 0 radical (unpaired) electrons. The van der Waals surface area contributed by atoms with Gasteiger partial charge < -0.3 is 24.0 Å². The molecule has 1 N–H and O–H groups in total. The summed E-state index contributed by atoms with van der Waals surface area (Å²) in [6.07, 6.45) is 0.702. The molecule has 8 heteroatoms. The molecule has 34 heavy (non-hydrogen) atoms. The van der Waals surface area contributed by atoms with Crippen molar-refractivity contribution in [2.75, 3.05) is 7.11 Å². The summed E-state index contributed by atoms with van der Waals surface area (Å²) in [6, 6.07) is 6.32. The van der Waals surface area contributed by atoms with Crippen LogP contribution in [0.2, 0.25) is 18.1 Å². The first-order chi connectivity index (χ1) is 15.5. The van der Waals surface area contributed by atoms with Crippen molar-refractivity contribution in [3.63, 3.8) is 0 Å². The van der Waals surface area contributed by atoms with Gasteiger partial charge in [-0.25, -0.2) is 9.59 Å². The van der Waals surface area contributed by atoms with Crippen LogP contribution in [0.1, 0.15) is 47.1 Å². The van der Waals surface area contributed by atoms with Gasteiger partial charge >= 0.3 is 12.1 Å². The number of esters is 1. The zero-order valence-electron chi connectivity index (χ0n) is 22.1. The second-order valence-corrected chi connectivity index (χ2v) is 15.4. The van der Waals surface area contributed by atoms with E-state index in [-0.39, 0.29) is 11.5 Å². The Bertz CT molecular complexity index is 865. The van der Waals surface area contributed by atoms with Crippen LogP contribution >= 0.6 is 0 Å². The molecule has 0 saturated carbocycles. The van der Waals surface area contributed by atoms with Crippen LogP contribution in [0.3, 0.4) is 0 Å². The number of hydrogen-bond acceptors (Lipinski definition) is 6. The maximum absolute atomic E-state index is 12.2. The second-order valence-electron chi connectivity index (χ2n) is 10.7. The lowest BCUT2D eigenvalue weighted by Gasteiger charge is -2.38. The van der Waals surface area contributed by atoms with Gasteiger partial charge in [0.25, 0.3) is 0 Å². The van der Waals surface area contributed by atoms with E-state index in [1.807, 2.05) is 12.1 Å². The van der Waals surface area contributed by atoms with Crippen molar-refractivity contribution in [1.82, 2.24) is 5.32 Å². The van der Waals surface area contributed by atoms with Crippen molar-refractivity contribution in [3.05, 3.63) is 54.8 Å². The highest BCUT2D eigenvalue weighted by Gasteiger charge is 2.40. The van der Waals surface area contributed by atoms with Crippen LogP contribution in [0.15, 0.2) is 49.3 Å². The molecule has 0 bridgehead atoms. The summed E-state index contributed by atoms with van der Waals surface area (Å²) in [5, 5.41) is 2.61. The van der Waals surface area contributed by atoms with Gasteiger partial charge in [-0.3, -0.25) is 0 Å². The number of amides is 1. The van der Waals surface area contributed by atoms with Crippen molar-refractivity contribution in [2.24, 2.45) is 0 Å². The second kappa shape index (κ2) is 11.6. The average Bonchev–Trinajstić information content (AvgIpc) is 2.69. The SMILES string of the molecule is C=C[C@@H](Oc1ccc(C[C@H](NC(=O)OC(C)(C)C)C(=O)OC)cc1)C(=C)O[Si](C)(C)C(C)(C)C. The fourth-order valence-corrected chi connectivity index (χ4v) is 3.73. The van der Waals surface area contributed by atoms with Crippen molar-refractivity contribution < 1.29 is 28.2 Å². The molecule has 0 spiro atoms. The first-order valence-corrected chi connectivity index (χ1v) is 14.2. The van der Waals surface area contributed by atoms with E-state index < -0.39 is 38.1 Å². The van der Waals surface area contributed by atoms with Gasteiger partial charge in [0.05, 0.1) is 7.11 Å². The summed E-state index contributed by atoms with van der Waals surface area (Å²) in [4.78, 5) is 24.3. The minimum Gasteiger partial charge on any atom is -0.544 e. The smallest absolute Gasteiger partial charge is 0.408 e. The summed E-state index contributed by atoms with van der Waals surface area (Å²) in [6.45, 7) is 24.0. The molecule has 1 aromatic carbocycles. The zero-order chi connectivity index (χ0) is 26.3. The third-order valence-corrected chi connectivity index (χ3v) is 9.91. The van der Waals surface area contributed by atoms with Gasteiger partial charge in [0.1, 0.15) is 23.2 Å². The van der Waals surface area contributed by atoms with E-state index in [2.05, 4.69) is 52.3 Å². The third kappa shape index (κ3) is 9.25. The number of carbonyl (C=O) groups is 2. The molecule has 7 nitrogen and oxygen atoms in total. The molecule has 1 rings (SSSR count). The highest BCUT2D eigenvalue weighted by atomic mass is 28.4. The van der Waals surface area contributed by atoms with E-state index in [0.29, 0.717) is 11.5 Å². The molecule has 0 heterocycles. The van der Waals surface area contributed by atoms with Crippen LogP contribution in [0.5, 0.6) is 5.75 Å². The Morgan fingerprint density at radius 2 is 1.65 bits per heavy atom. The topological polar surface area (TPSA) is 83.1 Å². The van der Waals surface area contributed by atoms with E-state index in [0.717, 1.165) is 5.56 Å². The van der Waals surface area contributed by atoms with E-state index in [9.17, 15) is 9.59 Å². The van der Waals surface area contributed by atoms with Crippen LogP contribution < -0.4 is 10.1 Å². The summed E-state index contributed by atoms with van der Waals surface area (Å²) < 4.78 is 22.4. The fourth-order valence-electron chi connectivity index (χ4n) is 2.66. The van der Waals surface area contributed by atoms with Gasteiger partial charge in [0, 0.05) is 6.42 Å². The number of rotatable bonds is 10. The highest BCUT2D eigenvalue weighted by Crippen LogP contribution is 2.38. The number of nitrogens with one attached hydrogen (secondary N) is 1. The first kappa shape index (κ1) is 29.3. The number of carbonyl (C=O) groups excluding carboxylic acids is 2. The van der Waals surface area contributed by atoms with Crippen LogP contribution in [-0.4, -0.2) is 45.2 Å². The minimum atomic E-state index is -2.05. The van der Waals surface area contributed by atoms with Crippen molar-refractivity contribution in [2.45, 2.75) is 83.8 Å². The van der Waals surface area contributed by atoms with E-state index >= 15 is 0 Å². The van der Waals surface area contributed by atoms with E-state index in [1.54, 1.807) is 39.0 Å². The molecule has 0 fully saturated rings. The quantitative estimate of drug-likeness (QED) is 0.194. The molecular formula is C26H41NO6Si.